The number of nitro groups is 1. The van der Waals surface area contributed by atoms with Crippen LogP contribution in [0.3, 0.4) is 0 Å². The first-order valence-corrected chi connectivity index (χ1v) is 8.85. The summed E-state index contributed by atoms with van der Waals surface area (Å²) >= 11 is 0. The standard InChI is InChI=1S/C20H18N2O6/c23-18(14-1-4-16(5-2-14)21-7-9-26-10-8-21)6-3-15-11-19-20(28-13-27-19)12-17(15)22(24)25/h1-6,11-12H,7-10,13H2/b6-3+. The smallest absolute Gasteiger partial charge is 0.280 e. The monoisotopic (exact) mass is 382 g/mol. The average Bonchev–Trinajstić information content (AvgIpc) is 3.19. The summed E-state index contributed by atoms with van der Waals surface area (Å²) in [7, 11) is 0. The number of carbonyl (C=O) groups is 1. The second-order valence-electron chi connectivity index (χ2n) is 6.37. The third kappa shape index (κ3) is 3.67. The van der Waals surface area contributed by atoms with E-state index >= 15 is 0 Å². The Labute approximate surface area is 161 Å². The quantitative estimate of drug-likeness (QED) is 0.340. The maximum absolute atomic E-state index is 12.5. The van der Waals surface area contributed by atoms with Crippen LogP contribution < -0.4 is 14.4 Å². The molecule has 2 heterocycles. The van der Waals surface area contributed by atoms with Gasteiger partial charge in [0.15, 0.2) is 17.3 Å². The number of hydrogen-bond acceptors (Lipinski definition) is 7. The number of hydrogen-bond donors (Lipinski definition) is 0. The molecular formula is C20H18N2O6. The van der Waals surface area contributed by atoms with Crippen molar-refractivity contribution < 1.29 is 23.9 Å². The Balaban J connectivity index is 1.52. The number of allylic oxidation sites excluding steroid dienone is 1. The zero-order valence-electron chi connectivity index (χ0n) is 15.0. The molecule has 0 N–H and O–H groups in total. The Morgan fingerprint density at radius 1 is 1.07 bits per heavy atom. The number of anilines is 1. The van der Waals surface area contributed by atoms with E-state index in [-0.39, 0.29) is 23.8 Å². The minimum Gasteiger partial charge on any atom is -0.454 e. The third-order valence-corrected chi connectivity index (χ3v) is 4.66. The van der Waals surface area contributed by atoms with Gasteiger partial charge in [0.2, 0.25) is 6.79 Å². The summed E-state index contributed by atoms with van der Waals surface area (Å²) in [5, 5.41) is 11.3. The SMILES string of the molecule is O=C(/C=C/c1cc2c(cc1[N+](=O)[O-])OCO2)c1ccc(N2CCOCC2)cc1. The average molecular weight is 382 g/mol. The summed E-state index contributed by atoms with van der Waals surface area (Å²) in [5.41, 5.74) is 1.69. The van der Waals surface area contributed by atoms with Crippen LogP contribution in [0.1, 0.15) is 15.9 Å². The second kappa shape index (κ2) is 7.69. The molecule has 2 aromatic carbocycles. The van der Waals surface area contributed by atoms with Gasteiger partial charge in [-0.15, -0.1) is 0 Å². The fraction of sp³-hybridized carbons (Fsp3) is 0.250. The van der Waals surface area contributed by atoms with Gasteiger partial charge in [0.05, 0.1) is 29.8 Å². The van der Waals surface area contributed by atoms with E-state index in [1.807, 2.05) is 12.1 Å². The van der Waals surface area contributed by atoms with Gasteiger partial charge in [-0.25, -0.2) is 0 Å². The normalized spacial score (nSPS) is 15.8. The Morgan fingerprint density at radius 3 is 2.43 bits per heavy atom. The molecule has 0 radical (unpaired) electrons. The molecule has 2 aliphatic rings. The Bertz CT molecular complexity index is 932. The highest BCUT2D eigenvalue weighted by atomic mass is 16.7. The molecule has 144 valence electrons. The molecule has 0 aliphatic carbocycles. The maximum atomic E-state index is 12.5. The van der Waals surface area contributed by atoms with Crippen molar-refractivity contribution in [3.05, 3.63) is 63.7 Å². The molecule has 2 aromatic rings. The zero-order chi connectivity index (χ0) is 19.5. The van der Waals surface area contributed by atoms with Gasteiger partial charge in [0, 0.05) is 24.3 Å². The molecule has 0 saturated carbocycles. The van der Waals surface area contributed by atoms with Crippen molar-refractivity contribution >= 4 is 23.2 Å². The molecule has 0 unspecified atom stereocenters. The number of fused-ring (bicyclic) bond motifs is 1. The summed E-state index contributed by atoms with van der Waals surface area (Å²) in [4.78, 5) is 25.5. The predicted octanol–water partition coefficient (Wildman–Crippen LogP) is 3.06. The van der Waals surface area contributed by atoms with Gasteiger partial charge in [0.25, 0.3) is 5.69 Å². The number of morpholine rings is 1. The molecule has 0 spiro atoms. The molecule has 8 heteroatoms. The van der Waals surface area contributed by atoms with Gasteiger partial charge < -0.3 is 19.1 Å². The second-order valence-corrected chi connectivity index (χ2v) is 6.37. The zero-order valence-corrected chi connectivity index (χ0v) is 15.0. The number of rotatable bonds is 5. The Morgan fingerprint density at radius 2 is 1.75 bits per heavy atom. The first-order valence-electron chi connectivity index (χ1n) is 8.85. The van der Waals surface area contributed by atoms with E-state index in [1.165, 1.54) is 24.3 Å². The lowest BCUT2D eigenvalue weighted by Crippen LogP contribution is -2.36. The van der Waals surface area contributed by atoms with E-state index in [1.54, 1.807) is 12.1 Å². The van der Waals surface area contributed by atoms with Crippen molar-refractivity contribution in [2.24, 2.45) is 0 Å². The number of benzene rings is 2. The van der Waals surface area contributed by atoms with Crippen molar-refractivity contribution in [3.63, 3.8) is 0 Å². The van der Waals surface area contributed by atoms with Crippen LogP contribution >= 0.6 is 0 Å². The third-order valence-electron chi connectivity index (χ3n) is 4.66. The molecule has 28 heavy (non-hydrogen) atoms. The number of ether oxygens (including phenoxy) is 3. The highest BCUT2D eigenvalue weighted by molar-refractivity contribution is 6.07. The summed E-state index contributed by atoms with van der Waals surface area (Å²) in [6.45, 7) is 3.05. The highest BCUT2D eigenvalue weighted by Crippen LogP contribution is 2.38. The van der Waals surface area contributed by atoms with Crippen LogP contribution in [-0.4, -0.2) is 43.8 Å². The van der Waals surface area contributed by atoms with Gasteiger partial charge in [-0.3, -0.25) is 14.9 Å². The maximum Gasteiger partial charge on any atom is 0.280 e. The summed E-state index contributed by atoms with van der Waals surface area (Å²) in [6, 6.07) is 10.1. The number of carbonyl (C=O) groups excluding carboxylic acids is 1. The molecule has 8 nitrogen and oxygen atoms in total. The lowest BCUT2D eigenvalue weighted by molar-refractivity contribution is -0.385. The fourth-order valence-electron chi connectivity index (χ4n) is 3.16. The van der Waals surface area contributed by atoms with Crippen molar-refractivity contribution in [1.29, 1.82) is 0 Å². The topological polar surface area (TPSA) is 91.1 Å². The molecule has 0 amide bonds. The van der Waals surface area contributed by atoms with Crippen LogP contribution in [0.4, 0.5) is 11.4 Å². The van der Waals surface area contributed by atoms with Gasteiger partial charge in [0.1, 0.15) is 0 Å². The lowest BCUT2D eigenvalue weighted by atomic mass is 10.1. The summed E-state index contributed by atoms with van der Waals surface area (Å²) < 4.78 is 15.8. The predicted molar refractivity (Wildman–Crippen MR) is 102 cm³/mol. The van der Waals surface area contributed by atoms with Gasteiger partial charge in [-0.1, -0.05) is 0 Å². The van der Waals surface area contributed by atoms with E-state index in [0.29, 0.717) is 30.3 Å². The lowest BCUT2D eigenvalue weighted by Gasteiger charge is -2.28. The molecule has 0 atom stereocenters. The minimum absolute atomic E-state index is 0.0219. The molecule has 1 fully saturated rings. The highest BCUT2D eigenvalue weighted by Gasteiger charge is 2.22. The Hall–Kier alpha value is -3.39. The van der Waals surface area contributed by atoms with E-state index < -0.39 is 4.92 Å². The first kappa shape index (κ1) is 18.0. The van der Waals surface area contributed by atoms with Crippen LogP contribution in [0.25, 0.3) is 6.08 Å². The van der Waals surface area contributed by atoms with Gasteiger partial charge >= 0.3 is 0 Å². The van der Waals surface area contributed by atoms with Crippen molar-refractivity contribution in [1.82, 2.24) is 0 Å². The summed E-state index contributed by atoms with van der Waals surface area (Å²) in [6.07, 6.45) is 2.76. The molecule has 4 rings (SSSR count). The number of nitro benzene ring substituents is 1. The number of nitrogens with zero attached hydrogens (tertiary/aromatic N) is 2. The van der Waals surface area contributed by atoms with E-state index in [0.717, 1.165) is 18.8 Å². The number of ketones is 1. The minimum atomic E-state index is -0.511. The van der Waals surface area contributed by atoms with E-state index in [9.17, 15) is 14.9 Å². The van der Waals surface area contributed by atoms with E-state index in [2.05, 4.69) is 4.90 Å². The van der Waals surface area contributed by atoms with Crippen LogP contribution in [0.5, 0.6) is 11.5 Å². The van der Waals surface area contributed by atoms with Crippen LogP contribution in [0, 0.1) is 10.1 Å². The largest absolute Gasteiger partial charge is 0.454 e. The van der Waals surface area contributed by atoms with Gasteiger partial charge in [-0.05, 0) is 42.5 Å². The van der Waals surface area contributed by atoms with Crippen LogP contribution in [0.15, 0.2) is 42.5 Å². The van der Waals surface area contributed by atoms with E-state index in [4.69, 9.17) is 14.2 Å². The van der Waals surface area contributed by atoms with Crippen LogP contribution in [-0.2, 0) is 4.74 Å². The van der Waals surface area contributed by atoms with Gasteiger partial charge in [-0.2, -0.15) is 0 Å². The molecular weight excluding hydrogens is 364 g/mol. The molecule has 2 aliphatic heterocycles. The van der Waals surface area contributed by atoms with Crippen molar-refractivity contribution in [3.8, 4) is 11.5 Å². The molecule has 0 bridgehead atoms. The molecule has 0 aromatic heterocycles. The fourth-order valence-corrected chi connectivity index (χ4v) is 3.16. The first-order chi connectivity index (χ1) is 13.6. The van der Waals surface area contributed by atoms with Crippen molar-refractivity contribution in [2.45, 2.75) is 0 Å². The van der Waals surface area contributed by atoms with Crippen molar-refractivity contribution in [2.75, 3.05) is 38.0 Å². The Kier molecular flexibility index (Phi) is 4.94. The van der Waals surface area contributed by atoms with Crippen LogP contribution in [0.2, 0.25) is 0 Å². The summed E-state index contributed by atoms with van der Waals surface area (Å²) in [5.74, 6) is 0.516. The molecule has 1 saturated heterocycles.